The average molecular weight is 677 g/mol. The van der Waals surface area contributed by atoms with Crippen molar-refractivity contribution in [2.75, 3.05) is 7.11 Å². The Bertz CT molecular complexity index is 1360. The highest BCUT2D eigenvalue weighted by Gasteiger charge is 2.72. The molecule has 0 unspecified atom stereocenters. The molecule has 5 N–H and O–H groups in total. The van der Waals surface area contributed by atoms with Crippen LogP contribution in [0.25, 0.3) is 0 Å². The molecule has 11 nitrogen and oxygen atoms in total. The zero-order chi connectivity index (χ0) is 35.4. The second-order valence-corrected chi connectivity index (χ2v) is 17.8. The summed E-state index contributed by atoms with van der Waals surface area (Å²) >= 11 is 0. The third kappa shape index (κ3) is 4.70. The summed E-state index contributed by atoms with van der Waals surface area (Å²) in [6.07, 6.45) is -0.773. The van der Waals surface area contributed by atoms with Crippen LogP contribution in [0.5, 0.6) is 0 Å². The highest BCUT2D eigenvalue weighted by Crippen LogP contribution is 2.75. The molecular formula is C37H56O11. The number of aliphatic hydroxyl groups is 4. The first kappa shape index (κ1) is 35.9. The van der Waals surface area contributed by atoms with E-state index in [1.807, 2.05) is 6.92 Å². The summed E-state index contributed by atoms with van der Waals surface area (Å²) in [5.74, 6) is -2.01. The minimum absolute atomic E-state index is 0.0331. The Morgan fingerprint density at radius 2 is 1.58 bits per heavy atom. The van der Waals surface area contributed by atoms with Crippen molar-refractivity contribution in [2.45, 2.75) is 142 Å². The summed E-state index contributed by atoms with van der Waals surface area (Å²) in [6.45, 7) is 13.1. The Morgan fingerprint density at radius 1 is 0.896 bits per heavy atom. The number of aldehydes is 1. The molecule has 0 amide bonds. The van der Waals surface area contributed by atoms with Gasteiger partial charge >= 0.3 is 11.9 Å². The molecule has 1 saturated heterocycles. The van der Waals surface area contributed by atoms with Gasteiger partial charge in [0.2, 0.25) is 0 Å². The number of allylic oxidation sites excluding steroid dienone is 2. The van der Waals surface area contributed by atoms with Gasteiger partial charge in [-0.25, -0.2) is 4.79 Å². The van der Waals surface area contributed by atoms with E-state index < -0.39 is 71.1 Å². The summed E-state index contributed by atoms with van der Waals surface area (Å²) in [6, 6.07) is 0. The van der Waals surface area contributed by atoms with Gasteiger partial charge in [0.25, 0.3) is 0 Å². The van der Waals surface area contributed by atoms with Crippen molar-refractivity contribution in [1.29, 1.82) is 0 Å². The van der Waals surface area contributed by atoms with Crippen molar-refractivity contribution in [3.05, 3.63) is 11.6 Å². The van der Waals surface area contributed by atoms with Crippen LogP contribution in [0.2, 0.25) is 0 Å². The van der Waals surface area contributed by atoms with Crippen LogP contribution >= 0.6 is 0 Å². The molecule has 270 valence electrons. The van der Waals surface area contributed by atoms with Gasteiger partial charge in [0.15, 0.2) is 12.4 Å². The number of carboxylic acid groups (broad SMARTS) is 1. The van der Waals surface area contributed by atoms with Gasteiger partial charge in [0, 0.05) is 0 Å². The molecule has 5 fully saturated rings. The highest BCUT2D eigenvalue weighted by atomic mass is 16.7. The topological polar surface area (TPSA) is 180 Å². The molecular weight excluding hydrogens is 620 g/mol. The zero-order valence-electron chi connectivity index (χ0n) is 29.5. The van der Waals surface area contributed by atoms with Crippen LogP contribution in [0.3, 0.4) is 0 Å². The minimum Gasteiger partial charge on any atom is -0.481 e. The van der Waals surface area contributed by atoms with Gasteiger partial charge in [-0.05, 0) is 97.2 Å². The van der Waals surface area contributed by atoms with E-state index in [4.69, 9.17) is 14.2 Å². The van der Waals surface area contributed by atoms with Gasteiger partial charge < -0.3 is 44.5 Å². The molecule has 4 saturated carbocycles. The minimum atomic E-state index is -1.72. The quantitative estimate of drug-likeness (QED) is 0.125. The lowest BCUT2D eigenvalue weighted by atomic mass is 9.33. The molecule has 1 heterocycles. The molecule has 11 heteroatoms. The van der Waals surface area contributed by atoms with Gasteiger partial charge in [0.1, 0.15) is 30.0 Å². The van der Waals surface area contributed by atoms with Gasteiger partial charge in [-0.3, -0.25) is 4.79 Å². The number of esters is 1. The fraction of sp³-hybridized carbons (Fsp3) is 0.865. The van der Waals surface area contributed by atoms with E-state index in [9.17, 15) is 39.9 Å². The summed E-state index contributed by atoms with van der Waals surface area (Å²) in [4.78, 5) is 38.5. The molecule has 15 atom stereocenters. The normalized spacial score (nSPS) is 52.8. The number of carboxylic acids is 1. The van der Waals surface area contributed by atoms with Crippen LogP contribution in [-0.4, -0.2) is 93.8 Å². The molecule has 5 aliphatic carbocycles. The predicted octanol–water partition coefficient (Wildman–Crippen LogP) is 3.39. The SMILES string of the molecule is COC(=O)[C@H]1O[C@@H](O[C@H]2CC[C@]3(C)[C@H]4CC=C5[C@@H]6CC(C)(C)CC[C@]6(C(=O)O)[C@H](O)C[C@@]5(C)[C@]4(C)CC[C@H]3[C@]2(C)C=O)[C@H](O)[C@@H](O)[C@@H]1O. The summed E-state index contributed by atoms with van der Waals surface area (Å²) < 4.78 is 16.7. The van der Waals surface area contributed by atoms with Crippen molar-refractivity contribution < 1.29 is 54.1 Å². The van der Waals surface area contributed by atoms with E-state index >= 15 is 0 Å². The third-order valence-electron chi connectivity index (χ3n) is 15.3. The summed E-state index contributed by atoms with van der Waals surface area (Å²) in [7, 11) is 1.13. The van der Waals surface area contributed by atoms with Crippen LogP contribution in [0.1, 0.15) is 99.3 Å². The monoisotopic (exact) mass is 676 g/mol. The summed E-state index contributed by atoms with van der Waals surface area (Å²) in [5, 5.41) is 54.2. The van der Waals surface area contributed by atoms with Crippen LogP contribution in [0, 0.1) is 50.2 Å². The zero-order valence-corrected chi connectivity index (χ0v) is 29.5. The molecule has 0 radical (unpaired) electrons. The average Bonchev–Trinajstić information content (AvgIpc) is 3.02. The number of carbonyl (C=O) groups is 3. The van der Waals surface area contributed by atoms with E-state index in [0.29, 0.717) is 32.1 Å². The molecule has 0 bridgehead atoms. The largest absolute Gasteiger partial charge is 0.481 e. The van der Waals surface area contributed by atoms with E-state index in [1.54, 1.807) is 0 Å². The maximum atomic E-state index is 13.2. The molecule has 0 aromatic rings. The fourth-order valence-corrected chi connectivity index (χ4v) is 12.2. The Kier molecular flexibility index (Phi) is 8.66. The van der Waals surface area contributed by atoms with Crippen molar-refractivity contribution >= 4 is 18.2 Å². The molecule has 0 aromatic heterocycles. The van der Waals surface area contributed by atoms with Gasteiger partial charge in [-0.1, -0.05) is 53.2 Å². The number of methoxy groups -OCH3 is 1. The highest BCUT2D eigenvalue weighted by molar-refractivity contribution is 5.78. The molecule has 6 aliphatic rings. The number of carbonyl (C=O) groups excluding carboxylic acids is 2. The number of aliphatic carboxylic acids is 1. The molecule has 1 aliphatic heterocycles. The number of fused-ring (bicyclic) bond motifs is 7. The second-order valence-electron chi connectivity index (χ2n) is 17.8. The molecule has 48 heavy (non-hydrogen) atoms. The Morgan fingerprint density at radius 3 is 2.21 bits per heavy atom. The lowest BCUT2D eigenvalue weighted by molar-refractivity contribution is -0.321. The summed E-state index contributed by atoms with van der Waals surface area (Å²) in [5.41, 5.74) is -2.00. The molecule has 0 aromatic carbocycles. The van der Waals surface area contributed by atoms with Crippen molar-refractivity contribution in [1.82, 2.24) is 0 Å². The van der Waals surface area contributed by atoms with Gasteiger partial charge in [-0.15, -0.1) is 0 Å². The van der Waals surface area contributed by atoms with E-state index in [2.05, 4.69) is 40.7 Å². The fourth-order valence-electron chi connectivity index (χ4n) is 12.2. The third-order valence-corrected chi connectivity index (χ3v) is 15.3. The smallest absolute Gasteiger partial charge is 0.337 e. The Balaban J connectivity index is 1.32. The van der Waals surface area contributed by atoms with Crippen LogP contribution in [0.4, 0.5) is 0 Å². The lowest BCUT2D eigenvalue weighted by Crippen LogP contribution is -2.68. The first-order valence-corrected chi connectivity index (χ1v) is 17.8. The first-order valence-electron chi connectivity index (χ1n) is 17.8. The van der Waals surface area contributed by atoms with Crippen LogP contribution in [-0.2, 0) is 28.6 Å². The van der Waals surface area contributed by atoms with Gasteiger partial charge in [0.05, 0.1) is 24.7 Å². The lowest BCUT2D eigenvalue weighted by Gasteiger charge is -2.71. The van der Waals surface area contributed by atoms with Crippen LogP contribution < -0.4 is 0 Å². The number of hydrogen-bond donors (Lipinski definition) is 5. The Hall–Kier alpha value is -1.89. The predicted molar refractivity (Wildman–Crippen MR) is 172 cm³/mol. The van der Waals surface area contributed by atoms with E-state index in [1.165, 1.54) is 5.57 Å². The van der Waals surface area contributed by atoms with E-state index in [0.717, 1.165) is 39.1 Å². The van der Waals surface area contributed by atoms with Crippen molar-refractivity contribution in [3.8, 4) is 0 Å². The van der Waals surface area contributed by atoms with Gasteiger partial charge in [-0.2, -0.15) is 0 Å². The molecule has 6 rings (SSSR count). The van der Waals surface area contributed by atoms with Crippen LogP contribution in [0.15, 0.2) is 11.6 Å². The number of rotatable bonds is 5. The number of hydrogen-bond acceptors (Lipinski definition) is 10. The number of ether oxygens (including phenoxy) is 3. The molecule has 0 spiro atoms. The van der Waals surface area contributed by atoms with Crippen molar-refractivity contribution in [3.63, 3.8) is 0 Å². The van der Waals surface area contributed by atoms with E-state index in [-0.39, 0.29) is 34.0 Å². The second kappa shape index (κ2) is 11.6. The maximum Gasteiger partial charge on any atom is 0.337 e. The number of aliphatic hydroxyl groups excluding tert-OH is 4. The Labute approximate surface area is 283 Å². The standard InChI is InChI=1S/C37H56O11/c1-32(2)14-15-37(31(44)45)20(16-32)19-8-9-22-33(3)12-11-24(47-30-27(42)25(40)26(41)28(48-30)29(43)46-7)34(4,18-38)21(33)10-13-35(22,5)36(19,6)17-23(37)39/h8,18,20-28,30,39-42H,9-17H2,1-7H3,(H,44,45)/t20-,21+,22+,23+,24-,25-,26-,27+,28-,30+,33-,34-,35+,36+,37+/m0/s1. The maximum absolute atomic E-state index is 13.2. The first-order chi connectivity index (χ1) is 22.3. The van der Waals surface area contributed by atoms with Crippen molar-refractivity contribution in [2.24, 2.45) is 50.2 Å².